The Balaban J connectivity index is 1.69. The number of benzene rings is 2. The van der Waals surface area contributed by atoms with E-state index >= 15 is 0 Å². The van der Waals surface area contributed by atoms with Crippen LogP contribution in [0.25, 0.3) is 0 Å². The normalized spacial score (nSPS) is 18.0. The number of anilines is 1. The van der Waals surface area contributed by atoms with Crippen molar-refractivity contribution in [1.82, 2.24) is 4.90 Å². The van der Waals surface area contributed by atoms with Crippen molar-refractivity contribution in [1.29, 1.82) is 0 Å². The van der Waals surface area contributed by atoms with Crippen LogP contribution in [0.15, 0.2) is 47.5 Å². The topological polar surface area (TPSA) is 61.8 Å². The van der Waals surface area contributed by atoms with Crippen LogP contribution in [0.1, 0.15) is 42.9 Å². The molecule has 0 radical (unpaired) electrons. The molecular formula is C23H27N3O2S. The van der Waals surface area contributed by atoms with Gasteiger partial charge in [0.2, 0.25) is 11.8 Å². The van der Waals surface area contributed by atoms with Gasteiger partial charge in [-0.15, -0.1) is 0 Å². The van der Waals surface area contributed by atoms with Gasteiger partial charge >= 0.3 is 0 Å². The number of amidine groups is 1. The second-order valence-corrected chi connectivity index (χ2v) is 8.83. The molecule has 152 valence electrons. The largest absolute Gasteiger partial charge is 0.326 e. The molecule has 0 saturated carbocycles. The zero-order valence-corrected chi connectivity index (χ0v) is 18.3. The summed E-state index contributed by atoms with van der Waals surface area (Å²) in [7, 11) is 1.71. The summed E-state index contributed by atoms with van der Waals surface area (Å²) < 4.78 is 0. The van der Waals surface area contributed by atoms with Crippen LogP contribution in [0.5, 0.6) is 0 Å². The summed E-state index contributed by atoms with van der Waals surface area (Å²) in [6, 6.07) is 13.9. The van der Waals surface area contributed by atoms with Gasteiger partial charge in [-0.2, -0.15) is 0 Å². The molecule has 1 saturated heterocycles. The first-order valence-electron chi connectivity index (χ1n) is 9.75. The number of para-hydroxylation sites is 1. The van der Waals surface area contributed by atoms with Crippen LogP contribution >= 0.6 is 11.8 Å². The highest BCUT2D eigenvalue weighted by atomic mass is 32.2. The van der Waals surface area contributed by atoms with Crippen molar-refractivity contribution in [3.8, 4) is 0 Å². The molecule has 1 atom stereocenters. The number of aryl methyl sites for hydroxylation is 2. The van der Waals surface area contributed by atoms with Crippen molar-refractivity contribution in [2.75, 3.05) is 12.4 Å². The number of hydrogen-bond acceptors (Lipinski definition) is 4. The second-order valence-electron chi connectivity index (χ2n) is 7.66. The highest BCUT2D eigenvalue weighted by molar-refractivity contribution is 8.15. The van der Waals surface area contributed by atoms with Gasteiger partial charge in [-0.1, -0.05) is 55.9 Å². The summed E-state index contributed by atoms with van der Waals surface area (Å²) in [5.74, 6) is 0.204. The van der Waals surface area contributed by atoms with Gasteiger partial charge in [0.05, 0.1) is 5.69 Å². The molecule has 3 rings (SSSR count). The van der Waals surface area contributed by atoms with Crippen LogP contribution in [0.2, 0.25) is 0 Å². The lowest BCUT2D eigenvalue weighted by molar-refractivity contribution is -0.127. The molecule has 0 unspecified atom stereocenters. The summed E-state index contributed by atoms with van der Waals surface area (Å²) in [5.41, 5.74) is 4.89. The third-order valence-electron chi connectivity index (χ3n) is 5.04. The van der Waals surface area contributed by atoms with E-state index in [1.54, 1.807) is 7.05 Å². The van der Waals surface area contributed by atoms with Crippen molar-refractivity contribution in [3.63, 3.8) is 0 Å². The van der Waals surface area contributed by atoms with E-state index in [0.29, 0.717) is 11.1 Å². The number of carbonyl (C=O) groups is 2. The molecule has 2 aromatic carbocycles. The van der Waals surface area contributed by atoms with Crippen molar-refractivity contribution >= 4 is 40.1 Å². The summed E-state index contributed by atoms with van der Waals surface area (Å²) in [6.45, 7) is 8.21. The Morgan fingerprint density at radius 3 is 2.34 bits per heavy atom. The molecule has 1 heterocycles. The summed E-state index contributed by atoms with van der Waals surface area (Å²) in [4.78, 5) is 31.3. The van der Waals surface area contributed by atoms with Crippen molar-refractivity contribution in [3.05, 3.63) is 59.2 Å². The van der Waals surface area contributed by atoms with Crippen LogP contribution < -0.4 is 5.32 Å². The Labute approximate surface area is 176 Å². The number of carbonyl (C=O) groups excluding carboxylic acids is 2. The van der Waals surface area contributed by atoms with Crippen LogP contribution in [-0.2, 0) is 9.59 Å². The average molecular weight is 410 g/mol. The van der Waals surface area contributed by atoms with Gasteiger partial charge in [-0.05, 0) is 48.6 Å². The molecule has 0 aromatic heterocycles. The number of nitrogens with one attached hydrogen (secondary N) is 1. The fraction of sp³-hybridized carbons (Fsp3) is 0.348. The lowest BCUT2D eigenvalue weighted by Gasteiger charge is -2.12. The molecule has 6 heteroatoms. The van der Waals surface area contributed by atoms with Crippen LogP contribution in [-0.4, -0.2) is 34.2 Å². The number of amides is 2. The zero-order chi connectivity index (χ0) is 21.1. The monoisotopic (exact) mass is 409 g/mol. The van der Waals surface area contributed by atoms with Gasteiger partial charge in [0, 0.05) is 19.2 Å². The Morgan fingerprint density at radius 2 is 1.76 bits per heavy atom. The number of nitrogens with zero attached hydrogens (tertiary/aromatic N) is 2. The quantitative estimate of drug-likeness (QED) is 0.754. The third kappa shape index (κ3) is 4.88. The van der Waals surface area contributed by atoms with Crippen molar-refractivity contribution in [2.45, 2.75) is 45.3 Å². The van der Waals surface area contributed by atoms with Gasteiger partial charge < -0.3 is 5.32 Å². The Kier molecular flexibility index (Phi) is 6.42. The fourth-order valence-electron chi connectivity index (χ4n) is 3.21. The average Bonchev–Trinajstić information content (AvgIpc) is 2.93. The number of aliphatic imine (C=N–C) groups is 1. The van der Waals surface area contributed by atoms with Crippen LogP contribution in [0.3, 0.4) is 0 Å². The predicted octanol–water partition coefficient (Wildman–Crippen LogP) is 5.02. The Morgan fingerprint density at radius 1 is 1.14 bits per heavy atom. The highest BCUT2D eigenvalue weighted by Crippen LogP contribution is 2.31. The Bertz CT molecular complexity index is 931. The summed E-state index contributed by atoms with van der Waals surface area (Å²) in [6.07, 6.45) is 0.118. The van der Waals surface area contributed by atoms with E-state index in [1.807, 2.05) is 44.2 Å². The molecular weight excluding hydrogens is 382 g/mol. The second kappa shape index (κ2) is 8.82. The van der Waals surface area contributed by atoms with E-state index in [4.69, 9.17) is 0 Å². The fourth-order valence-corrected chi connectivity index (χ4v) is 4.37. The maximum absolute atomic E-state index is 12.6. The zero-order valence-electron chi connectivity index (χ0n) is 17.5. The number of thioether (sulfide) groups is 1. The van der Waals surface area contributed by atoms with Gasteiger partial charge in [0.15, 0.2) is 5.17 Å². The lowest BCUT2D eigenvalue weighted by Crippen LogP contribution is -2.30. The predicted molar refractivity (Wildman–Crippen MR) is 121 cm³/mol. The molecule has 2 amide bonds. The molecule has 1 N–H and O–H groups in total. The molecule has 2 aromatic rings. The SMILES string of the molecule is Cc1cccc(C)c1NC(=O)C[C@H]1SC(=Nc2ccc(C(C)C)cc2)N(C)C1=O. The van der Waals surface area contributed by atoms with E-state index in [-0.39, 0.29) is 18.2 Å². The van der Waals surface area contributed by atoms with Gasteiger partial charge in [-0.3, -0.25) is 14.5 Å². The first-order valence-corrected chi connectivity index (χ1v) is 10.6. The minimum Gasteiger partial charge on any atom is -0.326 e. The van der Waals surface area contributed by atoms with E-state index in [0.717, 1.165) is 22.5 Å². The highest BCUT2D eigenvalue weighted by Gasteiger charge is 2.37. The van der Waals surface area contributed by atoms with Gasteiger partial charge in [0.1, 0.15) is 5.25 Å². The summed E-state index contributed by atoms with van der Waals surface area (Å²) in [5, 5.41) is 3.12. The summed E-state index contributed by atoms with van der Waals surface area (Å²) >= 11 is 1.35. The third-order valence-corrected chi connectivity index (χ3v) is 6.27. The van der Waals surface area contributed by atoms with Crippen molar-refractivity contribution < 1.29 is 9.59 Å². The minimum atomic E-state index is -0.460. The molecule has 1 aliphatic heterocycles. The first-order chi connectivity index (χ1) is 13.8. The van der Waals surface area contributed by atoms with Gasteiger partial charge in [-0.25, -0.2) is 4.99 Å². The van der Waals surface area contributed by atoms with E-state index in [1.165, 1.54) is 22.2 Å². The van der Waals surface area contributed by atoms with E-state index in [9.17, 15) is 9.59 Å². The van der Waals surface area contributed by atoms with Crippen LogP contribution in [0.4, 0.5) is 11.4 Å². The minimum absolute atomic E-state index is 0.0933. The molecule has 1 fully saturated rings. The maximum Gasteiger partial charge on any atom is 0.242 e. The van der Waals surface area contributed by atoms with Gasteiger partial charge in [0.25, 0.3) is 0 Å². The molecule has 0 aliphatic carbocycles. The maximum atomic E-state index is 12.6. The molecule has 1 aliphatic rings. The van der Waals surface area contributed by atoms with Crippen LogP contribution in [0, 0.1) is 13.8 Å². The van der Waals surface area contributed by atoms with E-state index in [2.05, 4.69) is 36.3 Å². The standard InChI is InChI=1S/C23H27N3O2S/c1-14(2)17-9-11-18(12-10-17)24-23-26(5)22(28)19(29-23)13-20(27)25-21-15(3)7-6-8-16(21)4/h6-12,14,19H,13H2,1-5H3,(H,25,27)/t19-/m1/s1. The molecule has 0 bridgehead atoms. The first kappa shape index (κ1) is 21.1. The molecule has 29 heavy (non-hydrogen) atoms. The smallest absolute Gasteiger partial charge is 0.242 e. The Hall–Kier alpha value is -2.60. The number of rotatable bonds is 5. The lowest BCUT2D eigenvalue weighted by atomic mass is 10.0. The number of hydrogen-bond donors (Lipinski definition) is 1. The molecule has 5 nitrogen and oxygen atoms in total. The van der Waals surface area contributed by atoms with E-state index < -0.39 is 5.25 Å². The van der Waals surface area contributed by atoms with Crippen molar-refractivity contribution in [2.24, 2.45) is 4.99 Å². The molecule has 0 spiro atoms.